The van der Waals surface area contributed by atoms with Gasteiger partial charge < -0.3 is 9.84 Å². The third kappa shape index (κ3) is 4.24. The number of thioether (sulfide) groups is 1. The zero-order valence-electron chi connectivity index (χ0n) is 21.3. The zero-order chi connectivity index (χ0) is 24.0. The second kappa shape index (κ2) is 9.68. The third-order valence-electron chi connectivity index (χ3n) is 10.6. The number of esters is 1. The molecule has 4 nitrogen and oxygen atoms in total. The van der Waals surface area contributed by atoms with Gasteiger partial charge in [0.05, 0.1) is 6.10 Å². The summed E-state index contributed by atoms with van der Waals surface area (Å²) in [5.41, 5.74) is 1.32. The van der Waals surface area contributed by atoms with Crippen LogP contribution in [-0.4, -0.2) is 35.2 Å². The van der Waals surface area contributed by atoms with Gasteiger partial charge in [0.15, 0.2) is 5.78 Å². The number of hydrogen-bond donors (Lipinski definition) is 1. The third-order valence-corrected chi connectivity index (χ3v) is 11.0. The predicted octanol–water partition coefficient (Wildman–Crippen LogP) is 6.02. The van der Waals surface area contributed by atoms with Crippen molar-refractivity contribution in [3.63, 3.8) is 0 Å². The fourth-order valence-corrected chi connectivity index (χ4v) is 9.16. The number of ketones is 1. The second-order valence-electron chi connectivity index (χ2n) is 12.0. The Balaban J connectivity index is 1.54. The van der Waals surface area contributed by atoms with Gasteiger partial charge in [0.1, 0.15) is 5.94 Å². The van der Waals surface area contributed by atoms with Crippen LogP contribution in [0.2, 0.25) is 0 Å². The number of aliphatic hydroxyl groups excluding tert-OH is 1. The average molecular weight is 477 g/mol. The van der Waals surface area contributed by atoms with Crippen molar-refractivity contribution < 1.29 is 19.4 Å². The number of fused-ring (bicyclic) bond motifs is 5. The lowest BCUT2D eigenvalue weighted by atomic mass is 9.43. The molecule has 186 valence electrons. The fraction of sp³-hybridized carbons (Fsp3) is 0.857. The maximum absolute atomic E-state index is 14.0. The molecular formula is C28H44O4S. The number of rotatable bonds is 6. The van der Waals surface area contributed by atoms with Crippen LogP contribution < -0.4 is 0 Å². The minimum atomic E-state index is -0.268. The summed E-state index contributed by atoms with van der Waals surface area (Å²) in [5, 5.41) is 10.4. The molecule has 0 aromatic carbocycles. The second-order valence-corrected chi connectivity index (χ2v) is 12.8. The molecule has 33 heavy (non-hydrogen) atoms. The molecule has 0 radical (unpaired) electrons. The summed E-state index contributed by atoms with van der Waals surface area (Å²) < 4.78 is 5.27. The minimum Gasteiger partial charge on any atom is -0.455 e. The maximum Gasteiger partial charge on any atom is 0.306 e. The Labute approximate surface area is 204 Å². The van der Waals surface area contributed by atoms with E-state index in [9.17, 15) is 14.7 Å². The van der Waals surface area contributed by atoms with E-state index in [0.29, 0.717) is 41.8 Å². The van der Waals surface area contributed by atoms with Crippen molar-refractivity contribution in [2.45, 2.75) is 91.6 Å². The number of hydrogen-bond acceptors (Lipinski definition) is 5. The van der Waals surface area contributed by atoms with Crippen LogP contribution in [-0.2, 0) is 14.3 Å². The summed E-state index contributed by atoms with van der Waals surface area (Å²) in [4.78, 5) is 26.0. The highest BCUT2D eigenvalue weighted by Gasteiger charge is 2.64. The van der Waals surface area contributed by atoms with Crippen LogP contribution in [0, 0.1) is 46.3 Å². The summed E-state index contributed by atoms with van der Waals surface area (Å²) in [5.74, 6) is 3.01. The summed E-state index contributed by atoms with van der Waals surface area (Å²) in [6, 6.07) is 0. The van der Waals surface area contributed by atoms with E-state index in [1.54, 1.807) is 0 Å². The van der Waals surface area contributed by atoms with Crippen LogP contribution in [0.25, 0.3) is 0 Å². The molecule has 1 N–H and O–H groups in total. The number of carbonyl (C=O) groups is 2. The number of aliphatic hydroxyl groups is 1. The number of ether oxygens (including phenoxy) is 1. The van der Waals surface area contributed by atoms with Gasteiger partial charge in [-0.3, -0.25) is 9.59 Å². The first-order valence-electron chi connectivity index (χ1n) is 13.2. The molecule has 0 aromatic heterocycles. The molecule has 4 aliphatic rings. The van der Waals surface area contributed by atoms with Crippen molar-refractivity contribution in [2.24, 2.45) is 46.3 Å². The highest BCUT2D eigenvalue weighted by molar-refractivity contribution is 7.98. The largest absolute Gasteiger partial charge is 0.455 e. The SMILES string of the molecule is CC=C1C(=O)[C@@H]2[C@H](CC[C@]3(C)[C@@H]([C@H](C)CCC(=O)OCSC)CC[C@@H]23)[C@@]2(C)CC[C@@H](O)C[C@@H]12. The van der Waals surface area contributed by atoms with Crippen LogP contribution in [0.5, 0.6) is 0 Å². The zero-order valence-corrected chi connectivity index (χ0v) is 22.1. The molecule has 0 spiro atoms. The van der Waals surface area contributed by atoms with E-state index in [2.05, 4.69) is 26.8 Å². The molecule has 4 rings (SSSR count). The Morgan fingerprint density at radius 3 is 2.58 bits per heavy atom. The van der Waals surface area contributed by atoms with Crippen molar-refractivity contribution in [3.05, 3.63) is 11.6 Å². The Bertz CT molecular complexity index is 793. The van der Waals surface area contributed by atoms with E-state index >= 15 is 0 Å². The van der Waals surface area contributed by atoms with Gasteiger partial charge in [0.2, 0.25) is 0 Å². The van der Waals surface area contributed by atoms with E-state index in [4.69, 9.17) is 4.74 Å². The van der Waals surface area contributed by atoms with E-state index < -0.39 is 0 Å². The monoisotopic (exact) mass is 476 g/mol. The quantitative estimate of drug-likeness (QED) is 0.288. The van der Waals surface area contributed by atoms with Gasteiger partial charge in [0, 0.05) is 12.3 Å². The van der Waals surface area contributed by atoms with Gasteiger partial charge in [0.25, 0.3) is 0 Å². The van der Waals surface area contributed by atoms with Crippen LogP contribution in [0.15, 0.2) is 11.6 Å². The van der Waals surface area contributed by atoms with Gasteiger partial charge in [-0.2, -0.15) is 0 Å². The summed E-state index contributed by atoms with van der Waals surface area (Å²) >= 11 is 1.53. The summed E-state index contributed by atoms with van der Waals surface area (Å²) in [7, 11) is 0. The Morgan fingerprint density at radius 2 is 1.88 bits per heavy atom. The maximum atomic E-state index is 14.0. The topological polar surface area (TPSA) is 63.6 Å². The molecule has 0 saturated heterocycles. The molecule has 0 unspecified atom stereocenters. The molecular weight excluding hydrogens is 432 g/mol. The molecule has 0 bridgehead atoms. The standard InChI is InChI=1S/C28H44O4S/c1-6-19-23-15-18(29)11-13-28(23,4)22-12-14-27(3)20(8-9-21(27)25(22)26(19)31)17(2)7-10-24(30)32-16-33-5/h6,17-18,20-23,25,29H,7-16H2,1-5H3/t17-,18-,20-,21+,22+,23+,25+,27-,28-/m1/s1. The molecule has 0 amide bonds. The highest BCUT2D eigenvalue weighted by atomic mass is 32.2. The lowest BCUT2D eigenvalue weighted by molar-refractivity contribution is -0.150. The number of Topliss-reactive ketones (excluding diaryl/α,β-unsaturated/α-hetero) is 1. The smallest absolute Gasteiger partial charge is 0.306 e. The average Bonchev–Trinajstić information content (AvgIpc) is 3.14. The molecule has 4 fully saturated rings. The van der Waals surface area contributed by atoms with Crippen molar-refractivity contribution in [1.82, 2.24) is 0 Å². The van der Waals surface area contributed by atoms with Gasteiger partial charge in [-0.15, -0.1) is 11.8 Å². The predicted molar refractivity (Wildman–Crippen MR) is 134 cm³/mol. The van der Waals surface area contributed by atoms with Gasteiger partial charge in [-0.05, 0) is 111 Å². The molecule has 9 atom stereocenters. The van der Waals surface area contributed by atoms with Crippen LogP contribution in [0.1, 0.15) is 85.5 Å². The fourth-order valence-electron chi connectivity index (χ4n) is 8.91. The van der Waals surface area contributed by atoms with Crippen LogP contribution in [0.3, 0.4) is 0 Å². The van der Waals surface area contributed by atoms with Crippen molar-refractivity contribution in [2.75, 3.05) is 12.2 Å². The first-order valence-corrected chi connectivity index (χ1v) is 14.6. The van der Waals surface area contributed by atoms with Gasteiger partial charge in [-0.25, -0.2) is 0 Å². The molecule has 5 heteroatoms. The van der Waals surface area contributed by atoms with E-state index in [-0.39, 0.29) is 34.7 Å². The number of allylic oxidation sites excluding steroid dienone is 2. The Hall–Kier alpha value is -0.810. The molecule has 0 aliphatic heterocycles. The Morgan fingerprint density at radius 1 is 1.18 bits per heavy atom. The lowest BCUT2D eigenvalue weighted by Crippen LogP contribution is -2.58. The van der Waals surface area contributed by atoms with Crippen molar-refractivity contribution >= 4 is 23.5 Å². The normalized spacial score (nSPS) is 44.7. The van der Waals surface area contributed by atoms with E-state index in [1.165, 1.54) is 24.6 Å². The van der Waals surface area contributed by atoms with Gasteiger partial charge >= 0.3 is 5.97 Å². The lowest BCUT2D eigenvalue weighted by Gasteiger charge is -2.61. The molecule has 4 aliphatic carbocycles. The summed E-state index contributed by atoms with van der Waals surface area (Å²) in [6.07, 6.45) is 12.4. The van der Waals surface area contributed by atoms with E-state index in [0.717, 1.165) is 44.1 Å². The van der Waals surface area contributed by atoms with E-state index in [1.807, 2.05) is 13.2 Å². The number of carbonyl (C=O) groups excluding carboxylic acids is 2. The first-order chi connectivity index (χ1) is 15.7. The van der Waals surface area contributed by atoms with Crippen molar-refractivity contribution in [3.8, 4) is 0 Å². The summed E-state index contributed by atoms with van der Waals surface area (Å²) in [6.45, 7) is 9.21. The van der Waals surface area contributed by atoms with Crippen LogP contribution >= 0.6 is 11.8 Å². The first kappa shape index (κ1) is 25.3. The molecule has 0 aromatic rings. The molecule has 4 saturated carbocycles. The Kier molecular flexibility index (Phi) is 7.42. The minimum absolute atomic E-state index is 0.0850. The van der Waals surface area contributed by atoms with Crippen LogP contribution in [0.4, 0.5) is 0 Å². The highest BCUT2D eigenvalue weighted by Crippen LogP contribution is 2.68. The molecule has 0 heterocycles. The van der Waals surface area contributed by atoms with Gasteiger partial charge in [-0.1, -0.05) is 26.8 Å². The van der Waals surface area contributed by atoms with Crippen molar-refractivity contribution in [1.29, 1.82) is 0 Å².